The summed E-state index contributed by atoms with van der Waals surface area (Å²) in [4.78, 5) is 14.3. The van der Waals surface area contributed by atoms with Gasteiger partial charge in [0, 0.05) is 6.20 Å². The summed E-state index contributed by atoms with van der Waals surface area (Å²) in [6.07, 6.45) is 2.98. The summed E-state index contributed by atoms with van der Waals surface area (Å²) in [7, 11) is 0. The molecule has 1 aromatic heterocycles. The van der Waals surface area contributed by atoms with Crippen LogP contribution in [0.3, 0.4) is 0 Å². The van der Waals surface area contributed by atoms with Gasteiger partial charge in [0.25, 0.3) is 0 Å². The minimum atomic E-state index is -0.471. The van der Waals surface area contributed by atoms with Crippen LogP contribution in [0.1, 0.15) is 11.3 Å². The highest BCUT2D eigenvalue weighted by Gasteiger charge is 1.98. The molecule has 0 saturated carbocycles. The minimum Gasteiger partial charge on any atom is -0.369 e. The van der Waals surface area contributed by atoms with Gasteiger partial charge in [-0.2, -0.15) is 0 Å². The van der Waals surface area contributed by atoms with Crippen molar-refractivity contribution in [2.75, 3.05) is 0 Å². The summed E-state index contributed by atoms with van der Waals surface area (Å²) in [5, 5.41) is 0. The number of rotatable bonds is 2. The van der Waals surface area contributed by atoms with Gasteiger partial charge in [0.1, 0.15) is 0 Å². The van der Waals surface area contributed by atoms with Crippen molar-refractivity contribution in [3.8, 4) is 0 Å². The van der Waals surface area contributed by atoms with Gasteiger partial charge < -0.3 is 5.73 Å². The van der Waals surface area contributed by atoms with E-state index in [0.29, 0.717) is 5.69 Å². The van der Waals surface area contributed by atoms with Crippen molar-refractivity contribution in [2.45, 2.75) is 6.92 Å². The Bertz CT molecular complexity index is 253. The third-order valence-corrected chi connectivity index (χ3v) is 1.22. The van der Waals surface area contributed by atoms with Gasteiger partial charge in [-0.3, -0.25) is 9.78 Å². The van der Waals surface area contributed by atoms with Crippen LogP contribution in [-0.2, 0) is 4.79 Å². The average molecular weight is 149 g/mol. The Morgan fingerprint density at radius 1 is 1.64 bits per heavy atom. The molecule has 0 spiro atoms. The highest BCUT2D eigenvalue weighted by molar-refractivity contribution is 5.86. The fourth-order valence-electron chi connectivity index (χ4n) is 0.710. The fourth-order valence-corrected chi connectivity index (χ4v) is 0.710. The highest BCUT2D eigenvalue weighted by atomic mass is 16.1. The molecule has 2 N–H and O–H groups in total. The van der Waals surface area contributed by atoms with Crippen LogP contribution < -0.4 is 5.73 Å². The van der Waals surface area contributed by atoms with Crippen molar-refractivity contribution in [3.63, 3.8) is 0 Å². The number of hydrogen-bond acceptors (Lipinski definition) is 2. The lowest BCUT2D eigenvalue weighted by Gasteiger charge is -1.95. The Labute approximate surface area is 65.2 Å². The molecule has 0 bridgehead atoms. The van der Waals surface area contributed by atoms with Gasteiger partial charge >= 0.3 is 0 Å². The van der Waals surface area contributed by atoms with Gasteiger partial charge in [-0.1, -0.05) is 6.07 Å². The van der Waals surface area contributed by atoms with E-state index in [0.717, 1.165) is 5.56 Å². The molecule has 0 saturated heterocycles. The first-order valence-electron chi connectivity index (χ1n) is 3.25. The van der Waals surface area contributed by atoms with Gasteiger partial charge in [-0.25, -0.2) is 0 Å². The van der Waals surface area contributed by atoms with Crippen molar-refractivity contribution < 1.29 is 4.79 Å². The zero-order chi connectivity index (χ0) is 8.27. The number of primary amides is 1. The maximum Gasteiger partial charge on any atom is 0.227 e. The second-order valence-corrected chi connectivity index (χ2v) is 2.31. The van der Waals surface area contributed by atoms with Crippen LogP contribution in [0.25, 0.3) is 0 Å². The first-order valence-corrected chi connectivity index (χ1v) is 3.25. The van der Waals surface area contributed by atoms with Crippen LogP contribution in [0.15, 0.2) is 18.3 Å². The monoisotopic (exact) mass is 149 g/mol. The van der Waals surface area contributed by atoms with Gasteiger partial charge in [0.05, 0.1) is 12.1 Å². The molecule has 0 aliphatic heterocycles. The van der Waals surface area contributed by atoms with Crippen LogP contribution in [0.2, 0.25) is 0 Å². The molecular formula is C8H9N2O. The van der Waals surface area contributed by atoms with Crippen molar-refractivity contribution in [2.24, 2.45) is 5.73 Å². The molecule has 1 aromatic rings. The minimum absolute atomic E-state index is 0.471. The lowest BCUT2D eigenvalue weighted by atomic mass is 10.2. The number of carbonyl (C=O) groups excluding carboxylic acids is 1. The van der Waals surface area contributed by atoms with E-state index in [1.165, 1.54) is 6.42 Å². The summed E-state index contributed by atoms with van der Waals surface area (Å²) in [5.41, 5.74) is 6.59. The van der Waals surface area contributed by atoms with E-state index >= 15 is 0 Å². The highest BCUT2D eigenvalue weighted by Crippen LogP contribution is 1.99. The SMILES string of the molecule is Cc1ccc([CH]C(N)=O)nc1. The van der Waals surface area contributed by atoms with Crippen molar-refractivity contribution >= 4 is 5.91 Å². The van der Waals surface area contributed by atoms with E-state index < -0.39 is 5.91 Å². The third kappa shape index (κ3) is 2.37. The largest absolute Gasteiger partial charge is 0.369 e. The first kappa shape index (κ1) is 7.72. The molecule has 11 heavy (non-hydrogen) atoms. The van der Waals surface area contributed by atoms with E-state index in [1.54, 1.807) is 12.3 Å². The number of hydrogen-bond donors (Lipinski definition) is 1. The zero-order valence-corrected chi connectivity index (χ0v) is 6.24. The Morgan fingerprint density at radius 3 is 2.82 bits per heavy atom. The van der Waals surface area contributed by atoms with Crippen LogP contribution in [-0.4, -0.2) is 10.9 Å². The normalized spacial score (nSPS) is 9.55. The summed E-state index contributed by atoms with van der Waals surface area (Å²) in [6, 6.07) is 3.63. The number of nitrogens with two attached hydrogens (primary N) is 1. The summed E-state index contributed by atoms with van der Waals surface area (Å²) in [6.45, 7) is 1.93. The van der Waals surface area contributed by atoms with Crippen LogP contribution in [0, 0.1) is 13.3 Å². The maximum absolute atomic E-state index is 10.4. The van der Waals surface area contributed by atoms with E-state index in [9.17, 15) is 4.79 Å². The van der Waals surface area contributed by atoms with Gasteiger partial charge in [-0.15, -0.1) is 0 Å². The molecule has 57 valence electrons. The van der Waals surface area contributed by atoms with Crippen LogP contribution in [0.4, 0.5) is 0 Å². The van der Waals surface area contributed by atoms with E-state index in [4.69, 9.17) is 5.73 Å². The molecule has 0 atom stereocenters. The standard InChI is InChI=1S/C8H9N2O/c1-6-2-3-7(10-5-6)4-8(9)11/h2-5H,1H3,(H2,9,11). The maximum atomic E-state index is 10.4. The van der Waals surface area contributed by atoms with Crippen molar-refractivity contribution in [1.29, 1.82) is 0 Å². The molecule has 0 aliphatic rings. The molecule has 3 nitrogen and oxygen atoms in total. The topological polar surface area (TPSA) is 56.0 Å². The molecule has 0 aliphatic carbocycles. The molecule has 3 heteroatoms. The van der Waals surface area contributed by atoms with Crippen LogP contribution >= 0.6 is 0 Å². The second-order valence-electron chi connectivity index (χ2n) is 2.31. The first-order chi connectivity index (χ1) is 5.18. The molecule has 1 radical (unpaired) electrons. The number of pyridine rings is 1. The molecule has 0 unspecified atom stereocenters. The third-order valence-electron chi connectivity index (χ3n) is 1.22. The molecule has 0 fully saturated rings. The molecule has 0 aromatic carbocycles. The second kappa shape index (κ2) is 3.14. The number of aryl methyl sites for hydroxylation is 1. The van der Waals surface area contributed by atoms with Crippen molar-refractivity contribution in [3.05, 3.63) is 36.0 Å². The van der Waals surface area contributed by atoms with Gasteiger partial charge in [-0.05, 0) is 18.6 Å². The van der Waals surface area contributed by atoms with Gasteiger partial charge in [0.15, 0.2) is 0 Å². The average Bonchev–Trinajstić information content (AvgIpc) is 1.93. The fraction of sp³-hybridized carbons (Fsp3) is 0.125. The van der Waals surface area contributed by atoms with Crippen molar-refractivity contribution in [1.82, 2.24) is 4.98 Å². The number of amides is 1. The molecule has 1 amide bonds. The van der Waals surface area contributed by atoms with E-state index in [1.807, 2.05) is 13.0 Å². The molecular weight excluding hydrogens is 140 g/mol. The summed E-state index contributed by atoms with van der Waals surface area (Å²) in [5.74, 6) is -0.471. The number of aromatic nitrogens is 1. The van der Waals surface area contributed by atoms with Crippen LogP contribution in [0.5, 0.6) is 0 Å². The Kier molecular flexibility index (Phi) is 2.21. The quantitative estimate of drug-likeness (QED) is 0.662. The Morgan fingerprint density at radius 2 is 2.36 bits per heavy atom. The molecule has 1 heterocycles. The smallest absolute Gasteiger partial charge is 0.227 e. The lowest BCUT2D eigenvalue weighted by molar-refractivity contribution is -0.114. The van der Waals surface area contributed by atoms with Gasteiger partial charge in [0.2, 0.25) is 5.91 Å². The summed E-state index contributed by atoms with van der Waals surface area (Å²) < 4.78 is 0. The predicted octanol–water partition coefficient (Wildman–Crippen LogP) is 0.428. The zero-order valence-electron chi connectivity index (χ0n) is 6.24. The Hall–Kier alpha value is -1.38. The Balaban J connectivity index is 2.74. The number of carbonyl (C=O) groups is 1. The predicted molar refractivity (Wildman–Crippen MR) is 41.6 cm³/mol. The van der Waals surface area contributed by atoms with E-state index in [2.05, 4.69) is 4.98 Å². The summed E-state index contributed by atoms with van der Waals surface area (Å²) >= 11 is 0. The number of nitrogens with zero attached hydrogens (tertiary/aromatic N) is 1. The lowest BCUT2D eigenvalue weighted by Crippen LogP contribution is -2.12. The van der Waals surface area contributed by atoms with E-state index in [-0.39, 0.29) is 0 Å². The molecule has 1 rings (SSSR count).